The molecule has 2 aromatic heterocycles. The van der Waals surface area contributed by atoms with Gasteiger partial charge in [0.25, 0.3) is 11.5 Å². The van der Waals surface area contributed by atoms with Crippen LogP contribution in [-0.2, 0) is 19.5 Å². The smallest absolute Gasteiger partial charge is 0.260 e. The van der Waals surface area contributed by atoms with Crippen LogP contribution in [0, 0.1) is 18.7 Å². The highest BCUT2D eigenvalue weighted by Crippen LogP contribution is 2.59. The number of carbonyl (C=O) groups is 1. The standard InChI is InChI=1S/C22H22FN3O2/c1-13-9-25(3)21(28)18-17(11-24(2)19(13)18)20(27)26-10-15-8-22(15,12-26)14-5-4-6-16(23)7-14/h4-7,9,11,15H,8,10,12H2,1-3H3. The second kappa shape index (κ2) is 5.56. The van der Waals surface area contributed by atoms with Crippen LogP contribution in [0.15, 0.2) is 41.5 Å². The molecule has 1 amide bonds. The number of likely N-dealkylation sites (tertiary alicyclic amines) is 1. The molecule has 1 aliphatic heterocycles. The predicted molar refractivity (Wildman–Crippen MR) is 105 cm³/mol. The summed E-state index contributed by atoms with van der Waals surface area (Å²) < 4.78 is 17.1. The third-order valence-corrected chi connectivity index (χ3v) is 6.54. The zero-order valence-corrected chi connectivity index (χ0v) is 16.2. The van der Waals surface area contributed by atoms with Gasteiger partial charge in [0.1, 0.15) is 5.82 Å². The Morgan fingerprint density at radius 3 is 2.75 bits per heavy atom. The van der Waals surface area contributed by atoms with Gasteiger partial charge in [-0.15, -0.1) is 0 Å². The van der Waals surface area contributed by atoms with Gasteiger partial charge < -0.3 is 14.0 Å². The van der Waals surface area contributed by atoms with Gasteiger partial charge in [0.05, 0.1) is 16.5 Å². The fourth-order valence-electron chi connectivity index (χ4n) is 5.12. The molecule has 0 N–H and O–H groups in total. The number of rotatable bonds is 2. The molecule has 0 radical (unpaired) electrons. The molecular formula is C22H22FN3O2. The number of piperidine rings is 1. The number of halogens is 1. The number of benzene rings is 1. The van der Waals surface area contributed by atoms with Crippen molar-refractivity contribution in [1.82, 2.24) is 14.0 Å². The van der Waals surface area contributed by atoms with Crippen molar-refractivity contribution < 1.29 is 9.18 Å². The van der Waals surface area contributed by atoms with E-state index in [1.807, 2.05) is 29.5 Å². The monoisotopic (exact) mass is 379 g/mol. The van der Waals surface area contributed by atoms with E-state index in [0.29, 0.717) is 30.0 Å². The van der Waals surface area contributed by atoms with Gasteiger partial charge in [0, 0.05) is 45.0 Å². The van der Waals surface area contributed by atoms with E-state index in [2.05, 4.69) is 0 Å². The third-order valence-electron chi connectivity index (χ3n) is 6.54. The highest BCUT2D eigenvalue weighted by Gasteiger charge is 2.61. The lowest BCUT2D eigenvalue weighted by atomic mass is 9.95. The topological polar surface area (TPSA) is 47.2 Å². The number of fused-ring (bicyclic) bond motifs is 2. The molecule has 6 heteroatoms. The normalized spacial score (nSPS) is 23.3. The summed E-state index contributed by atoms with van der Waals surface area (Å²) >= 11 is 0. The van der Waals surface area contributed by atoms with Crippen LogP contribution in [-0.4, -0.2) is 33.0 Å². The Hall–Kier alpha value is -2.89. The number of pyridine rings is 1. The molecule has 5 nitrogen and oxygen atoms in total. The summed E-state index contributed by atoms with van der Waals surface area (Å²) in [7, 11) is 3.57. The van der Waals surface area contributed by atoms with E-state index in [1.165, 1.54) is 10.6 Å². The highest BCUT2D eigenvalue weighted by atomic mass is 19.1. The third kappa shape index (κ3) is 2.23. The average Bonchev–Trinajstić information content (AvgIpc) is 3.04. The maximum atomic E-state index is 13.7. The lowest BCUT2D eigenvalue weighted by Crippen LogP contribution is -2.33. The molecule has 1 saturated heterocycles. The van der Waals surface area contributed by atoms with Crippen LogP contribution in [0.4, 0.5) is 4.39 Å². The number of aromatic nitrogens is 2. The number of carbonyl (C=O) groups excluding carboxylic acids is 1. The molecular weight excluding hydrogens is 357 g/mol. The van der Waals surface area contributed by atoms with E-state index in [4.69, 9.17) is 0 Å². The number of hydrogen-bond donors (Lipinski definition) is 0. The van der Waals surface area contributed by atoms with Gasteiger partial charge >= 0.3 is 0 Å². The Bertz CT molecular complexity index is 1210. The van der Waals surface area contributed by atoms with Gasteiger partial charge in [-0.3, -0.25) is 9.59 Å². The largest absolute Gasteiger partial charge is 0.349 e. The summed E-state index contributed by atoms with van der Waals surface area (Å²) in [6, 6.07) is 6.72. The molecule has 28 heavy (non-hydrogen) atoms. The van der Waals surface area contributed by atoms with Crippen molar-refractivity contribution in [2.45, 2.75) is 18.8 Å². The van der Waals surface area contributed by atoms with Crippen molar-refractivity contribution in [3.05, 3.63) is 69.5 Å². The van der Waals surface area contributed by atoms with Gasteiger partial charge in [0.2, 0.25) is 0 Å². The second-order valence-electron chi connectivity index (χ2n) is 8.36. The van der Waals surface area contributed by atoms with E-state index in [-0.39, 0.29) is 22.7 Å². The molecule has 2 unspecified atom stereocenters. The van der Waals surface area contributed by atoms with E-state index in [9.17, 15) is 14.0 Å². The Morgan fingerprint density at radius 2 is 2.00 bits per heavy atom. The fraction of sp³-hybridized carbons (Fsp3) is 0.364. The van der Waals surface area contributed by atoms with E-state index >= 15 is 0 Å². The molecule has 2 fully saturated rings. The number of nitrogens with zero attached hydrogens (tertiary/aromatic N) is 3. The van der Waals surface area contributed by atoms with Crippen LogP contribution < -0.4 is 5.56 Å². The highest BCUT2D eigenvalue weighted by molar-refractivity contribution is 6.07. The molecule has 144 valence electrons. The summed E-state index contributed by atoms with van der Waals surface area (Å²) in [5.74, 6) is 0.00407. The van der Waals surface area contributed by atoms with Crippen molar-refractivity contribution in [3.63, 3.8) is 0 Å². The van der Waals surface area contributed by atoms with Gasteiger partial charge in [-0.05, 0) is 42.5 Å². The van der Waals surface area contributed by atoms with Crippen LogP contribution >= 0.6 is 0 Å². The maximum Gasteiger partial charge on any atom is 0.260 e. The van der Waals surface area contributed by atoms with Gasteiger partial charge in [-0.25, -0.2) is 4.39 Å². The first-order chi connectivity index (χ1) is 13.3. The van der Waals surface area contributed by atoms with E-state index in [1.54, 1.807) is 31.6 Å². The number of hydrogen-bond acceptors (Lipinski definition) is 2. The second-order valence-corrected chi connectivity index (χ2v) is 8.36. The summed E-state index contributed by atoms with van der Waals surface area (Å²) in [6.45, 7) is 3.17. The summed E-state index contributed by atoms with van der Waals surface area (Å²) in [4.78, 5) is 27.9. The first kappa shape index (κ1) is 17.2. The first-order valence-electron chi connectivity index (χ1n) is 9.52. The van der Waals surface area contributed by atoms with Crippen molar-refractivity contribution in [2.24, 2.45) is 20.0 Å². The molecule has 3 heterocycles. The van der Waals surface area contributed by atoms with Crippen molar-refractivity contribution in [1.29, 1.82) is 0 Å². The minimum Gasteiger partial charge on any atom is -0.349 e. The van der Waals surface area contributed by atoms with Crippen molar-refractivity contribution >= 4 is 16.8 Å². The number of amides is 1. The Kier molecular flexibility index (Phi) is 3.42. The van der Waals surface area contributed by atoms with Crippen LogP contribution in [0.3, 0.4) is 0 Å². The SMILES string of the molecule is Cc1cn(C)c(=O)c2c(C(=O)N3CC4CC4(c4cccc(F)c4)C3)cn(C)c12. The molecule has 5 rings (SSSR count). The maximum absolute atomic E-state index is 13.7. The Labute approximate surface area is 162 Å². The molecule has 2 atom stereocenters. The Morgan fingerprint density at radius 1 is 1.21 bits per heavy atom. The lowest BCUT2D eigenvalue weighted by molar-refractivity contribution is 0.0774. The molecule has 2 aliphatic rings. The quantitative estimate of drug-likeness (QED) is 0.687. The molecule has 1 aliphatic carbocycles. The van der Waals surface area contributed by atoms with Crippen LogP contribution in [0.5, 0.6) is 0 Å². The number of aryl methyl sites for hydroxylation is 3. The predicted octanol–water partition coefficient (Wildman–Crippen LogP) is 2.74. The first-order valence-corrected chi connectivity index (χ1v) is 9.52. The Balaban J connectivity index is 1.53. The fourth-order valence-corrected chi connectivity index (χ4v) is 5.12. The average molecular weight is 379 g/mol. The summed E-state index contributed by atoms with van der Waals surface area (Å²) in [5, 5.41) is 0.482. The summed E-state index contributed by atoms with van der Waals surface area (Å²) in [5.41, 5.74) is 2.89. The van der Waals surface area contributed by atoms with E-state index < -0.39 is 0 Å². The van der Waals surface area contributed by atoms with Crippen LogP contribution in [0.25, 0.3) is 10.9 Å². The zero-order chi connectivity index (χ0) is 19.8. The minimum absolute atomic E-state index is 0.115. The van der Waals surface area contributed by atoms with Gasteiger partial charge in [0.15, 0.2) is 0 Å². The minimum atomic E-state index is -0.240. The van der Waals surface area contributed by atoms with Crippen LogP contribution in [0.2, 0.25) is 0 Å². The lowest BCUT2D eigenvalue weighted by Gasteiger charge is -2.21. The molecule has 0 spiro atoms. The molecule has 0 bridgehead atoms. The zero-order valence-electron chi connectivity index (χ0n) is 16.2. The van der Waals surface area contributed by atoms with Crippen LogP contribution in [0.1, 0.15) is 27.9 Å². The molecule has 1 aromatic carbocycles. The molecule has 1 saturated carbocycles. The molecule has 3 aromatic rings. The van der Waals surface area contributed by atoms with Crippen molar-refractivity contribution in [2.75, 3.05) is 13.1 Å². The van der Waals surface area contributed by atoms with Gasteiger partial charge in [-0.1, -0.05) is 12.1 Å². The summed E-state index contributed by atoms with van der Waals surface area (Å²) in [6.07, 6.45) is 4.54. The van der Waals surface area contributed by atoms with E-state index in [0.717, 1.165) is 23.1 Å². The van der Waals surface area contributed by atoms with Gasteiger partial charge in [-0.2, -0.15) is 0 Å². The van der Waals surface area contributed by atoms with Crippen molar-refractivity contribution in [3.8, 4) is 0 Å².